The summed E-state index contributed by atoms with van der Waals surface area (Å²) in [5, 5.41) is 16.9. The number of aryl methyl sites for hydroxylation is 2. The van der Waals surface area contributed by atoms with Crippen LogP contribution in [0.1, 0.15) is 48.1 Å². The Morgan fingerprint density at radius 3 is 2.86 bits per heavy atom. The number of benzene rings is 1. The molecule has 6 heteroatoms. The van der Waals surface area contributed by atoms with Crippen molar-refractivity contribution in [1.29, 1.82) is 0 Å². The van der Waals surface area contributed by atoms with Crippen molar-refractivity contribution in [2.45, 2.75) is 39.8 Å². The second-order valence-electron chi connectivity index (χ2n) is 4.89. The van der Waals surface area contributed by atoms with E-state index in [1.54, 1.807) is 16.8 Å². The molecule has 6 nitrogen and oxygen atoms in total. The van der Waals surface area contributed by atoms with Gasteiger partial charge in [-0.15, -0.1) is 0 Å². The highest BCUT2D eigenvalue weighted by molar-refractivity contribution is 5.97. The number of aromatic hydroxyl groups is 1. The SMILES string of the molecule is CC[C@@H](NC(=O)c1cc(C)ccc1O)c1ncnn1CC. The number of phenols is 1. The third-order valence-corrected chi connectivity index (χ3v) is 3.37. The van der Waals surface area contributed by atoms with E-state index in [0.717, 1.165) is 11.4 Å². The summed E-state index contributed by atoms with van der Waals surface area (Å²) in [4.78, 5) is 16.6. The van der Waals surface area contributed by atoms with Gasteiger partial charge in [-0.05, 0) is 32.4 Å². The molecule has 1 aromatic carbocycles. The number of amides is 1. The highest BCUT2D eigenvalue weighted by Gasteiger charge is 2.20. The highest BCUT2D eigenvalue weighted by Crippen LogP contribution is 2.20. The maximum absolute atomic E-state index is 12.4. The monoisotopic (exact) mass is 288 g/mol. The van der Waals surface area contributed by atoms with Crippen LogP contribution in [-0.4, -0.2) is 25.8 Å². The molecule has 1 amide bonds. The normalized spacial score (nSPS) is 12.1. The molecule has 0 unspecified atom stereocenters. The van der Waals surface area contributed by atoms with Crippen molar-refractivity contribution in [2.24, 2.45) is 0 Å². The van der Waals surface area contributed by atoms with E-state index in [-0.39, 0.29) is 23.3 Å². The van der Waals surface area contributed by atoms with Crippen molar-refractivity contribution in [2.75, 3.05) is 0 Å². The van der Waals surface area contributed by atoms with E-state index >= 15 is 0 Å². The number of nitrogens with one attached hydrogen (secondary N) is 1. The summed E-state index contributed by atoms with van der Waals surface area (Å²) in [5.74, 6) is 0.388. The second-order valence-corrected chi connectivity index (χ2v) is 4.89. The van der Waals surface area contributed by atoms with Gasteiger partial charge in [-0.2, -0.15) is 5.10 Å². The summed E-state index contributed by atoms with van der Waals surface area (Å²) in [7, 11) is 0. The lowest BCUT2D eigenvalue weighted by Crippen LogP contribution is -2.30. The predicted octanol–water partition coefficient (Wildman–Crippen LogP) is 2.19. The fourth-order valence-electron chi connectivity index (χ4n) is 2.20. The summed E-state index contributed by atoms with van der Waals surface area (Å²) in [6.45, 7) is 6.51. The number of carbonyl (C=O) groups excluding carboxylic acids is 1. The number of hydrogen-bond donors (Lipinski definition) is 2. The molecular formula is C15H20N4O2. The zero-order chi connectivity index (χ0) is 15.4. The lowest BCUT2D eigenvalue weighted by atomic mass is 10.1. The predicted molar refractivity (Wildman–Crippen MR) is 79.0 cm³/mol. The largest absolute Gasteiger partial charge is 0.507 e. The van der Waals surface area contributed by atoms with Gasteiger partial charge >= 0.3 is 0 Å². The van der Waals surface area contributed by atoms with E-state index in [4.69, 9.17) is 0 Å². The van der Waals surface area contributed by atoms with Gasteiger partial charge in [-0.1, -0.05) is 18.6 Å². The van der Waals surface area contributed by atoms with Gasteiger partial charge in [0.05, 0.1) is 11.6 Å². The van der Waals surface area contributed by atoms with Gasteiger partial charge < -0.3 is 10.4 Å². The van der Waals surface area contributed by atoms with Crippen LogP contribution >= 0.6 is 0 Å². The summed E-state index contributed by atoms with van der Waals surface area (Å²) < 4.78 is 1.75. The Morgan fingerprint density at radius 2 is 2.19 bits per heavy atom. The van der Waals surface area contributed by atoms with Crippen LogP contribution in [0.3, 0.4) is 0 Å². The Morgan fingerprint density at radius 1 is 1.43 bits per heavy atom. The molecular weight excluding hydrogens is 268 g/mol. The van der Waals surface area contributed by atoms with E-state index in [1.165, 1.54) is 12.4 Å². The number of rotatable bonds is 5. The van der Waals surface area contributed by atoms with Gasteiger partial charge in [0.1, 0.15) is 17.9 Å². The summed E-state index contributed by atoms with van der Waals surface area (Å²) in [6.07, 6.45) is 2.18. The van der Waals surface area contributed by atoms with Crippen LogP contribution in [0.5, 0.6) is 5.75 Å². The van der Waals surface area contributed by atoms with Crippen molar-refractivity contribution >= 4 is 5.91 Å². The molecule has 2 N–H and O–H groups in total. The molecule has 0 saturated heterocycles. The van der Waals surface area contributed by atoms with Gasteiger partial charge in [-0.3, -0.25) is 4.79 Å². The van der Waals surface area contributed by atoms with E-state index in [9.17, 15) is 9.90 Å². The van der Waals surface area contributed by atoms with Crippen LogP contribution in [0.25, 0.3) is 0 Å². The number of phenolic OH excluding ortho intramolecular Hbond substituents is 1. The zero-order valence-corrected chi connectivity index (χ0v) is 12.5. The van der Waals surface area contributed by atoms with Crippen molar-refractivity contribution in [3.8, 4) is 5.75 Å². The number of nitrogens with zero attached hydrogens (tertiary/aromatic N) is 3. The van der Waals surface area contributed by atoms with Gasteiger partial charge in [0.25, 0.3) is 5.91 Å². The smallest absolute Gasteiger partial charge is 0.255 e. The van der Waals surface area contributed by atoms with Crippen LogP contribution in [0.2, 0.25) is 0 Å². The molecule has 0 spiro atoms. The van der Waals surface area contributed by atoms with E-state index in [0.29, 0.717) is 13.0 Å². The van der Waals surface area contributed by atoms with Gasteiger partial charge in [0.15, 0.2) is 0 Å². The van der Waals surface area contributed by atoms with Gasteiger partial charge in [0, 0.05) is 6.54 Å². The Balaban J connectivity index is 2.22. The van der Waals surface area contributed by atoms with Crippen molar-refractivity contribution in [1.82, 2.24) is 20.1 Å². The average Bonchev–Trinajstić information content (AvgIpc) is 2.95. The van der Waals surface area contributed by atoms with Crippen LogP contribution in [0, 0.1) is 6.92 Å². The third kappa shape index (κ3) is 3.21. The van der Waals surface area contributed by atoms with E-state index in [2.05, 4.69) is 15.4 Å². The fourth-order valence-corrected chi connectivity index (χ4v) is 2.20. The Labute approximate surface area is 123 Å². The maximum atomic E-state index is 12.4. The lowest BCUT2D eigenvalue weighted by Gasteiger charge is -2.17. The third-order valence-electron chi connectivity index (χ3n) is 3.37. The van der Waals surface area contributed by atoms with Crippen LogP contribution in [0.4, 0.5) is 0 Å². The maximum Gasteiger partial charge on any atom is 0.255 e. The van der Waals surface area contributed by atoms with Crippen LogP contribution in [0.15, 0.2) is 24.5 Å². The highest BCUT2D eigenvalue weighted by atomic mass is 16.3. The molecule has 1 atom stereocenters. The number of carbonyl (C=O) groups is 1. The molecule has 112 valence electrons. The second kappa shape index (κ2) is 6.39. The topological polar surface area (TPSA) is 80.0 Å². The first kappa shape index (κ1) is 15.0. The molecule has 0 aliphatic heterocycles. The molecule has 0 aliphatic carbocycles. The number of hydrogen-bond acceptors (Lipinski definition) is 4. The molecule has 0 bridgehead atoms. The average molecular weight is 288 g/mol. The van der Waals surface area contributed by atoms with E-state index in [1.807, 2.05) is 20.8 Å². The molecule has 1 aromatic heterocycles. The summed E-state index contributed by atoms with van der Waals surface area (Å²) in [5.41, 5.74) is 1.19. The molecule has 0 aliphatic rings. The lowest BCUT2D eigenvalue weighted by molar-refractivity contribution is 0.0930. The van der Waals surface area contributed by atoms with Gasteiger partial charge in [-0.25, -0.2) is 9.67 Å². The quantitative estimate of drug-likeness (QED) is 0.884. The van der Waals surface area contributed by atoms with Crippen molar-refractivity contribution in [3.63, 3.8) is 0 Å². The summed E-state index contributed by atoms with van der Waals surface area (Å²) >= 11 is 0. The van der Waals surface area contributed by atoms with Gasteiger partial charge in [0.2, 0.25) is 0 Å². The molecule has 2 rings (SSSR count). The van der Waals surface area contributed by atoms with Crippen molar-refractivity contribution in [3.05, 3.63) is 41.5 Å². The minimum atomic E-state index is -0.311. The van der Waals surface area contributed by atoms with E-state index < -0.39 is 0 Å². The number of aromatic nitrogens is 3. The molecule has 0 fully saturated rings. The molecule has 21 heavy (non-hydrogen) atoms. The standard InChI is InChI=1S/C15H20N4O2/c1-4-12(14-16-9-17-19(14)5-2)18-15(21)11-8-10(3)6-7-13(11)20/h6-9,12,20H,4-5H2,1-3H3,(H,18,21)/t12-/m1/s1. The minimum Gasteiger partial charge on any atom is -0.507 e. The van der Waals surface area contributed by atoms with Crippen molar-refractivity contribution < 1.29 is 9.90 Å². The Kier molecular flexibility index (Phi) is 4.57. The summed E-state index contributed by atoms with van der Waals surface area (Å²) in [6, 6.07) is 4.72. The van der Waals surface area contributed by atoms with Crippen LogP contribution < -0.4 is 5.32 Å². The first-order chi connectivity index (χ1) is 10.1. The minimum absolute atomic E-state index is 0.0232. The Hall–Kier alpha value is -2.37. The Bertz CT molecular complexity index is 636. The molecule has 1 heterocycles. The molecule has 0 saturated carbocycles. The molecule has 0 radical (unpaired) electrons. The first-order valence-electron chi connectivity index (χ1n) is 7.05. The zero-order valence-electron chi connectivity index (χ0n) is 12.5. The molecule has 2 aromatic rings. The van der Waals surface area contributed by atoms with Crippen LogP contribution in [-0.2, 0) is 6.54 Å². The first-order valence-corrected chi connectivity index (χ1v) is 7.05. The fraction of sp³-hybridized carbons (Fsp3) is 0.400.